The molecule has 4 aromatic rings. The summed E-state index contributed by atoms with van der Waals surface area (Å²) in [6.45, 7) is 0. The number of hydrogen-bond donors (Lipinski definition) is 2. The number of fused-ring (bicyclic) bond motifs is 3. The van der Waals surface area contributed by atoms with Crippen LogP contribution in [-0.4, -0.2) is 20.5 Å². The van der Waals surface area contributed by atoms with Crippen LogP contribution in [0.25, 0.3) is 27.8 Å². The molecule has 23 heavy (non-hydrogen) atoms. The van der Waals surface area contributed by atoms with E-state index in [-0.39, 0.29) is 11.4 Å². The highest BCUT2D eigenvalue weighted by Crippen LogP contribution is 2.29. The molecular formula is C16H10F2N4O. The van der Waals surface area contributed by atoms with E-state index in [4.69, 9.17) is 5.73 Å². The second kappa shape index (κ2) is 4.64. The van der Waals surface area contributed by atoms with Gasteiger partial charge in [0, 0.05) is 5.56 Å². The number of primary amides is 1. The van der Waals surface area contributed by atoms with Crippen LogP contribution in [0, 0.1) is 11.6 Å². The van der Waals surface area contributed by atoms with Crippen LogP contribution >= 0.6 is 0 Å². The number of aromatic nitrogens is 3. The Labute approximate surface area is 128 Å². The van der Waals surface area contributed by atoms with Crippen LogP contribution < -0.4 is 5.73 Å². The Morgan fingerprint density at radius 3 is 2.57 bits per heavy atom. The first kappa shape index (κ1) is 13.4. The lowest BCUT2D eigenvalue weighted by Gasteiger charge is -1.99. The Morgan fingerprint density at radius 1 is 1.13 bits per heavy atom. The molecule has 5 nitrogen and oxygen atoms in total. The molecule has 114 valence electrons. The lowest BCUT2D eigenvalue weighted by atomic mass is 10.1. The van der Waals surface area contributed by atoms with E-state index in [1.165, 1.54) is 22.7 Å². The number of imidazole rings is 1. The summed E-state index contributed by atoms with van der Waals surface area (Å²) in [4.78, 5) is 14.6. The number of H-pyrrole nitrogens is 1. The molecule has 0 saturated carbocycles. The summed E-state index contributed by atoms with van der Waals surface area (Å²) >= 11 is 0. The smallest absolute Gasteiger partial charge is 0.251 e. The second-order valence-electron chi connectivity index (χ2n) is 5.16. The number of halogens is 2. The molecule has 0 radical (unpaired) electrons. The first-order valence-electron chi connectivity index (χ1n) is 6.79. The first-order chi connectivity index (χ1) is 11.0. The van der Waals surface area contributed by atoms with E-state index in [0.717, 1.165) is 11.6 Å². The maximum Gasteiger partial charge on any atom is 0.251 e. The van der Waals surface area contributed by atoms with Gasteiger partial charge in [0.25, 0.3) is 5.91 Å². The fourth-order valence-corrected chi connectivity index (χ4v) is 2.72. The molecule has 2 aromatic carbocycles. The van der Waals surface area contributed by atoms with E-state index >= 15 is 0 Å². The number of aromatic amines is 1. The summed E-state index contributed by atoms with van der Waals surface area (Å²) < 4.78 is 28.2. The van der Waals surface area contributed by atoms with Gasteiger partial charge in [-0.1, -0.05) is 12.1 Å². The summed E-state index contributed by atoms with van der Waals surface area (Å²) in [7, 11) is 0. The highest BCUT2D eigenvalue weighted by atomic mass is 19.1. The second-order valence-corrected chi connectivity index (χ2v) is 5.16. The molecule has 2 heterocycles. The number of carbonyl (C=O) groups is 1. The Morgan fingerprint density at radius 2 is 1.87 bits per heavy atom. The molecule has 0 saturated heterocycles. The lowest BCUT2D eigenvalue weighted by molar-refractivity contribution is 0.100. The maximum absolute atomic E-state index is 13.7. The van der Waals surface area contributed by atoms with E-state index in [1.807, 2.05) is 0 Å². The third-order valence-corrected chi connectivity index (χ3v) is 3.73. The van der Waals surface area contributed by atoms with Crippen molar-refractivity contribution in [1.82, 2.24) is 14.6 Å². The van der Waals surface area contributed by atoms with Crippen molar-refractivity contribution in [2.24, 2.45) is 5.73 Å². The number of benzene rings is 2. The number of hydrogen-bond acceptors (Lipinski definition) is 2. The maximum atomic E-state index is 13.7. The Hall–Kier alpha value is -3.22. The lowest BCUT2D eigenvalue weighted by Crippen LogP contribution is -2.12. The van der Waals surface area contributed by atoms with Crippen molar-refractivity contribution >= 4 is 22.6 Å². The van der Waals surface area contributed by atoms with Gasteiger partial charge < -0.3 is 10.7 Å². The number of amides is 1. The molecule has 0 fully saturated rings. The highest BCUT2D eigenvalue weighted by molar-refractivity contribution is 6.05. The fourth-order valence-electron chi connectivity index (χ4n) is 2.72. The zero-order valence-electron chi connectivity index (χ0n) is 11.7. The van der Waals surface area contributed by atoms with Crippen molar-refractivity contribution in [2.45, 2.75) is 0 Å². The van der Waals surface area contributed by atoms with Gasteiger partial charge in [0.2, 0.25) is 0 Å². The summed E-state index contributed by atoms with van der Waals surface area (Å²) in [5.74, 6) is -1.65. The molecule has 7 heteroatoms. The van der Waals surface area contributed by atoms with Crippen LogP contribution in [0.3, 0.4) is 0 Å². The van der Waals surface area contributed by atoms with Crippen molar-refractivity contribution in [3.05, 3.63) is 59.8 Å². The van der Waals surface area contributed by atoms with Crippen molar-refractivity contribution < 1.29 is 13.6 Å². The number of nitrogens with zero attached hydrogens (tertiary/aromatic N) is 2. The topological polar surface area (TPSA) is 76.2 Å². The van der Waals surface area contributed by atoms with Gasteiger partial charge in [-0.3, -0.25) is 4.79 Å². The highest BCUT2D eigenvalue weighted by Gasteiger charge is 2.18. The molecule has 1 amide bonds. The predicted molar refractivity (Wildman–Crippen MR) is 80.9 cm³/mol. The Kier molecular flexibility index (Phi) is 2.71. The summed E-state index contributed by atoms with van der Waals surface area (Å²) in [6.07, 6.45) is 1.59. The van der Waals surface area contributed by atoms with Crippen LogP contribution in [0.4, 0.5) is 8.78 Å². The normalized spacial score (nSPS) is 11.4. The van der Waals surface area contributed by atoms with Crippen molar-refractivity contribution in [1.29, 1.82) is 0 Å². The molecular weight excluding hydrogens is 302 g/mol. The van der Waals surface area contributed by atoms with E-state index in [2.05, 4.69) is 10.1 Å². The Bertz CT molecular complexity index is 1060. The monoisotopic (exact) mass is 312 g/mol. The molecule has 0 aliphatic heterocycles. The van der Waals surface area contributed by atoms with Crippen LogP contribution in [0.5, 0.6) is 0 Å². The third-order valence-electron chi connectivity index (χ3n) is 3.73. The molecule has 2 aromatic heterocycles. The van der Waals surface area contributed by atoms with Gasteiger partial charge in [-0.25, -0.2) is 13.3 Å². The van der Waals surface area contributed by atoms with Gasteiger partial charge in [0.15, 0.2) is 0 Å². The molecule has 0 spiro atoms. The van der Waals surface area contributed by atoms with Crippen molar-refractivity contribution in [3.8, 4) is 11.1 Å². The number of rotatable bonds is 2. The zero-order valence-corrected chi connectivity index (χ0v) is 11.7. The van der Waals surface area contributed by atoms with Gasteiger partial charge >= 0.3 is 0 Å². The first-order valence-corrected chi connectivity index (χ1v) is 6.79. The van der Waals surface area contributed by atoms with Gasteiger partial charge in [-0.15, -0.1) is 0 Å². The molecule has 0 aliphatic rings. The number of nitrogens with one attached hydrogen (secondary N) is 1. The van der Waals surface area contributed by atoms with Crippen LogP contribution in [-0.2, 0) is 0 Å². The van der Waals surface area contributed by atoms with Crippen LogP contribution in [0.2, 0.25) is 0 Å². The summed E-state index contributed by atoms with van der Waals surface area (Å²) in [5.41, 5.74) is 8.20. The quantitative estimate of drug-likeness (QED) is 0.597. The molecule has 3 N–H and O–H groups in total. The summed E-state index contributed by atoms with van der Waals surface area (Å²) in [6, 6.07) is 8.27. The molecule has 0 bridgehead atoms. The third kappa shape index (κ3) is 1.97. The zero-order chi connectivity index (χ0) is 16.1. The SMILES string of the molecule is NC(=O)c1cc(F)cc2[nH]c3c(-c4ccc(F)cc4)cnn3c12. The van der Waals surface area contributed by atoms with E-state index in [0.29, 0.717) is 22.2 Å². The molecule has 0 atom stereocenters. The average Bonchev–Trinajstić information content (AvgIpc) is 3.05. The molecule has 0 aliphatic carbocycles. The predicted octanol–water partition coefficient (Wildman–Crippen LogP) is 2.86. The van der Waals surface area contributed by atoms with Gasteiger partial charge in [0.1, 0.15) is 22.8 Å². The fraction of sp³-hybridized carbons (Fsp3) is 0. The standard InChI is InChI=1S/C16H10F2N4O/c17-9-3-1-8(2-4-9)12-7-20-22-14-11(15(19)23)5-10(18)6-13(14)21-16(12)22/h1-7,21H,(H2,19,23). The number of carbonyl (C=O) groups excluding carboxylic acids is 1. The number of nitrogens with two attached hydrogens (primary N) is 1. The minimum absolute atomic E-state index is 0.0417. The van der Waals surface area contributed by atoms with Gasteiger partial charge in [-0.05, 0) is 29.8 Å². The summed E-state index contributed by atoms with van der Waals surface area (Å²) in [5, 5.41) is 4.24. The van der Waals surface area contributed by atoms with Crippen LogP contribution in [0.15, 0.2) is 42.6 Å². The molecule has 0 unspecified atom stereocenters. The Balaban J connectivity index is 2.05. The van der Waals surface area contributed by atoms with E-state index in [9.17, 15) is 13.6 Å². The average molecular weight is 312 g/mol. The van der Waals surface area contributed by atoms with E-state index < -0.39 is 11.7 Å². The minimum atomic E-state index is -0.741. The van der Waals surface area contributed by atoms with Gasteiger partial charge in [-0.2, -0.15) is 5.10 Å². The van der Waals surface area contributed by atoms with Crippen LogP contribution in [0.1, 0.15) is 10.4 Å². The largest absolute Gasteiger partial charge is 0.366 e. The van der Waals surface area contributed by atoms with Crippen molar-refractivity contribution in [3.63, 3.8) is 0 Å². The molecule has 4 rings (SSSR count). The van der Waals surface area contributed by atoms with Crippen molar-refractivity contribution in [2.75, 3.05) is 0 Å². The van der Waals surface area contributed by atoms with Gasteiger partial charge in [0.05, 0.1) is 17.3 Å². The van der Waals surface area contributed by atoms with E-state index in [1.54, 1.807) is 18.3 Å². The minimum Gasteiger partial charge on any atom is -0.366 e.